The van der Waals surface area contributed by atoms with Gasteiger partial charge in [-0.25, -0.2) is 0 Å². The molecule has 1 spiro atoms. The van der Waals surface area contributed by atoms with Gasteiger partial charge in [0.1, 0.15) is 23.7 Å². The van der Waals surface area contributed by atoms with Crippen LogP contribution in [0.25, 0.3) is 0 Å². The zero-order chi connectivity index (χ0) is 34.9. The average Bonchev–Trinajstić information content (AvgIpc) is 3.77. The number of hydrogen-bond acceptors (Lipinski definition) is 7. The second-order valence-electron chi connectivity index (χ2n) is 13.8. The summed E-state index contributed by atoms with van der Waals surface area (Å²) in [4.78, 5) is 62.4. The highest BCUT2D eigenvalue weighted by atomic mass is 16.6. The van der Waals surface area contributed by atoms with Crippen molar-refractivity contribution in [1.29, 1.82) is 0 Å². The number of likely N-dealkylation sites (tertiary alicyclic amines) is 1. The molecule has 2 fully saturated rings. The van der Waals surface area contributed by atoms with E-state index in [4.69, 9.17) is 9.47 Å². The Morgan fingerprint density at radius 1 is 0.980 bits per heavy atom. The first-order chi connectivity index (χ1) is 23.6. The van der Waals surface area contributed by atoms with Crippen LogP contribution in [-0.4, -0.2) is 93.5 Å². The Morgan fingerprint density at radius 3 is 2.35 bits per heavy atom. The second-order valence-corrected chi connectivity index (χ2v) is 13.8. The molecule has 10 heteroatoms. The maximum absolute atomic E-state index is 15.0. The van der Waals surface area contributed by atoms with E-state index < -0.39 is 59.6 Å². The zero-order valence-corrected chi connectivity index (χ0v) is 28.7. The van der Waals surface area contributed by atoms with Gasteiger partial charge in [-0.05, 0) is 30.4 Å². The van der Waals surface area contributed by atoms with Crippen molar-refractivity contribution in [3.8, 4) is 0 Å². The molecule has 0 saturated carbocycles. The van der Waals surface area contributed by atoms with Gasteiger partial charge in [0, 0.05) is 26.6 Å². The van der Waals surface area contributed by atoms with Gasteiger partial charge in [0.05, 0.1) is 30.7 Å². The van der Waals surface area contributed by atoms with Crippen LogP contribution in [0.15, 0.2) is 85.0 Å². The minimum absolute atomic E-state index is 0.106. The fraction of sp³-hybridized carbons (Fsp3) is 0.487. The molecule has 4 aliphatic rings. The third kappa shape index (κ3) is 6.21. The largest absolute Gasteiger partial charge is 0.455 e. The molecule has 10 nitrogen and oxygen atoms in total. The lowest BCUT2D eigenvalue weighted by Gasteiger charge is -2.40. The molecule has 4 aliphatic heterocycles. The lowest BCUT2D eigenvalue weighted by atomic mass is 9.74. The van der Waals surface area contributed by atoms with Crippen molar-refractivity contribution >= 4 is 23.7 Å². The molecule has 2 aromatic rings. The molecular formula is C39H47N3O7. The third-order valence-electron chi connectivity index (χ3n) is 11.0. The van der Waals surface area contributed by atoms with E-state index in [2.05, 4.69) is 0 Å². The Bertz CT molecular complexity index is 1600. The first-order valence-corrected chi connectivity index (χ1v) is 17.4. The van der Waals surface area contributed by atoms with Gasteiger partial charge in [-0.1, -0.05) is 105 Å². The summed E-state index contributed by atoms with van der Waals surface area (Å²) >= 11 is 0. The molecule has 9 atom stereocenters. The van der Waals surface area contributed by atoms with Gasteiger partial charge in [-0.15, -0.1) is 0 Å². The second kappa shape index (κ2) is 14.3. The number of rotatable bonds is 7. The van der Waals surface area contributed by atoms with E-state index in [1.54, 1.807) is 29.0 Å². The number of carbonyl (C=O) groups excluding carboxylic acids is 4. The van der Waals surface area contributed by atoms with Crippen LogP contribution in [0.1, 0.15) is 57.3 Å². The molecule has 260 valence electrons. The summed E-state index contributed by atoms with van der Waals surface area (Å²) in [7, 11) is 1.71. The number of nitrogens with zero attached hydrogens (tertiary/aromatic N) is 3. The molecule has 0 radical (unpaired) electrons. The Labute approximate surface area is 288 Å². The quantitative estimate of drug-likeness (QED) is 0.349. The smallest absolute Gasteiger partial charge is 0.313 e. The van der Waals surface area contributed by atoms with Crippen molar-refractivity contribution in [1.82, 2.24) is 14.7 Å². The molecule has 6 rings (SSSR count). The predicted molar refractivity (Wildman–Crippen MR) is 182 cm³/mol. The molecule has 3 amide bonds. The molecule has 2 saturated heterocycles. The topological polar surface area (TPSA) is 117 Å². The van der Waals surface area contributed by atoms with E-state index >= 15 is 0 Å². The summed E-state index contributed by atoms with van der Waals surface area (Å²) in [5.41, 5.74) is 0.208. The number of cyclic esters (lactones) is 1. The molecule has 5 bridgehead atoms. The first-order valence-electron chi connectivity index (χ1n) is 17.4. The fourth-order valence-electron chi connectivity index (χ4n) is 7.96. The number of carbonyl (C=O) groups is 4. The minimum Gasteiger partial charge on any atom is -0.455 e. The highest BCUT2D eigenvalue weighted by molar-refractivity contribution is 5.99. The minimum atomic E-state index is -1.42. The van der Waals surface area contributed by atoms with Gasteiger partial charge in [0.15, 0.2) is 0 Å². The highest BCUT2D eigenvalue weighted by Gasteiger charge is 2.74. The maximum Gasteiger partial charge on any atom is 0.313 e. The number of fused-ring (bicyclic) bond motifs is 2. The maximum atomic E-state index is 15.0. The lowest BCUT2D eigenvalue weighted by molar-refractivity contribution is -0.164. The first kappa shape index (κ1) is 34.6. The number of amides is 3. The van der Waals surface area contributed by atoms with Gasteiger partial charge >= 0.3 is 5.97 Å². The van der Waals surface area contributed by atoms with Crippen LogP contribution in [0.4, 0.5) is 0 Å². The number of esters is 1. The van der Waals surface area contributed by atoms with Crippen LogP contribution in [0.3, 0.4) is 0 Å². The summed E-state index contributed by atoms with van der Waals surface area (Å²) in [6.07, 6.45) is 7.10. The van der Waals surface area contributed by atoms with Crippen molar-refractivity contribution in [2.24, 2.45) is 17.8 Å². The van der Waals surface area contributed by atoms with Crippen LogP contribution in [0, 0.1) is 17.8 Å². The van der Waals surface area contributed by atoms with Gasteiger partial charge in [-0.3, -0.25) is 19.2 Å². The summed E-state index contributed by atoms with van der Waals surface area (Å²) in [6.45, 7) is 5.94. The van der Waals surface area contributed by atoms with Gasteiger partial charge < -0.3 is 29.3 Å². The van der Waals surface area contributed by atoms with Gasteiger partial charge in [0.2, 0.25) is 17.7 Å². The zero-order valence-electron chi connectivity index (χ0n) is 28.7. The van der Waals surface area contributed by atoms with Crippen LogP contribution < -0.4 is 0 Å². The standard InChI is InChI=1S/C39H47N3O7/c1-5-25(2)29(24-43)42-35-37(46)41(23-27-15-9-6-10-16-27)22-14-8-13-19-31(44)40(4)26(3)34(28-17-11-7-12-18-28)48-38(47)32-30-20-21-39(35,49-30)33(32)36(42)45/h6-12,14-18,20-21,25-26,29-30,32-35,43H,5,13,19,22-24H2,1-4H3/b14-8-/t25-,26+,29-,30-,32+,33+,34-,35-,39+/m0/s1. The van der Waals surface area contributed by atoms with E-state index in [0.29, 0.717) is 12.8 Å². The number of benzene rings is 2. The summed E-state index contributed by atoms with van der Waals surface area (Å²) in [5.74, 6) is -3.65. The number of aliphatic hydroxyl groups excluding tert-OH is 1. The van der Waals surface area contributed by atoms with Crippen molar-refractivity contribution in [2.45, 2.75) is 82.5 Å². The molecule has 0 aromatic heterocycles. The van der Waals surface area contributed by atoms with E-state index in [9.17, 15) is 24.3 Å². The lowest BCUT2D eigenvalue weighted by Crippen LogP contribution is -2.59. The molecule has 1 N–H and O–H groups in total. The Morgan fingerprint density at radius 2 is 1.67 bits per heavy atom. The molecule has 0 unspecified atom stereocenters. The number of allylic oxidation sites excluding steroid dienone is 1. The average molecular weight is 670 g/mol. The number of ether oxygens (including phenoxy) is 2. The molecule has 0 aliphatic carbocycles. The number of aliphatic hydroxyl groups is 1. The molecule has 4 heterocycles. The molecule has 2 aromatic carbocycles. The van der Waals surface area contributed by atoms with Crippen LogP contribution >= 0.6 is 0 Å². The van der Waals surface area contributed by atoms with Crippen LogP contribution in [-0.2, 0) is 35.2 Å². The van der Waals surface area contributed by atoms with E-state index in [1.165, 1.54) is 4.90 Å². The van der Waals surface area contributed by atoms with Gasteiger partial charge in [-0.2, -0.15) is 0 Å². The fourth-order valence-corrected chi connectivity index (χ4v) is 7.96. The number of hydrogen-bond donors (Lipinski definition) is 1. The number of likely N-dealkylation sites (N-methyl/N-ethyl adjacent to an activating group) is 1. The SMILES string of the molecule is CC[C@H](C)[C@H](CO)N1C(=O)[C@H]2[C@@H]3C(=O)O[C@H](c4ccccc4)[C@@H](C)N(C)C(=O)CC/C=C\CN(Cc4ccccc4)C(=O)[C@H]1[C@@]21C=C[C@@H]3O1. The van der Waals surface area contributed by atoms with E-state index in [-0.39, 0.29) is 43.8 Å². The Hall–Kier alpha value is -4.28. The summed E-state index contributed by atoms with van der Waals surface area (Å²) in [5, 5.41) is 10.7. The Balaban J connectivity index is 1.47. The van der Waals surface area contributed by atoms with Crippen molar-refractivity contribution in [3.63, 3.8) is 0 Å². The molecule has 49 heavy (non-hydrogen) atoms. The Kier molecular flexibility index (Phi) is 10.1. The van der Waals surface area contributed by atoms with Crippen molar-refractivity contribution in [2.75, 3.05) is 20.2 Å². The highest BCUT2D eigenvalue weighted by Crippen LogP contribution is 2.56. The van der Waals surface area contributed by atoms with Crippen molar-refractivity contribution in [3.05, 3.63) is 96.1 Å². The van der Waals surface area contributed by atoms with Crippen LogP contribution in [0.2, 0.25) is 0 Å². The normalized spacial score (nSPS) is 32.3. The van der Waals surface area contributed by atoms with E-state index in [0.717, 1.165) is 11.1 Å². The van der Waals surface area contributed by atoms with Gasteiger partial charge in [0.25, 0.3) is 0 Å². The molecular weight excluding hydrogens is 622 g/mol. The summed E-state index contributed by atoms with van der Waals surface area (Å²) in [6, 6.07) is 16.6. The van der Waals surface area contributed by atoms with Crippen molar-refractivity contribution < 1.29 is 33.8 Å². The third-order valence-corrected chi connectivity index (χ3v) is 11.0. The predicted octanol–water partition coefficient (Wildman–Crippen LogP) is 4.05. The summed E-state index contributed by atoms with van der Waals surface area (Å²) < 4.78 is 12.9. The van der Waals surface area contributed by atoms with Crippen LogP contribution in [0.5, 0.6) is 0 Å². The monoisotopic (exact) mass is 669 g/mol. The van der Waals surface area contributed by atoms with E-state index in [1.807, 2.05) is 93.6 Å².